The molecule has 1 aliphatic heterocycles. The molecular formula is C26H34N4O5. The second-order valence-electron chi connectivity index (χ2n) is 10.4. The minimum absolute atomic E-state index is 0.0278. The van der Waals surface area contributed by atoms with Crippen molar-refractivity contribution in [3.05, 3.63) is 39.0 Å². The summed E-state index contributed by atoms with van der Waals surface area (Å²) < 4.78 is 6.51. The van der Waals surface area contributed by atoms with Crippen LogP contribution in [0, 0.1) is 17.8 Å². The summed E-state index contributed by atoms with van der Waals surface area (Å²) in [7, 11) is 1.54. The van der Waals surface area contributed by atoms with Gasteiger partial charge in [0.15, 0.2) is 0 Å². The number of hydrogen-bond donors (Lipinski definition) is 1. The highest BCUT2D eigenvalue weighted by atomic mass is 16.5. The van der Waals surface area contributed by atoms with Crippen LogP contribution in [0.3, 0.4) is 0 Å². The van der Waals surface area contributed by atoms with Crippen molar-refractivity contribution in [1.82, 2.24) is 19.4 Å². The fourth-order valence-corrected chi connectivity index (χ4v) is 5.68. The number of aromatic nitrogens is 2. The molecule has 0 unspecified atom stereocenters. The first-order valence-corrected chi connectivity index (χ1v) is 12.8. The Bertz CT molecular complexity index is 1240. The summed E-state index contributed by atoms with van der Waals surface area (Å²) in [5.74, 6) is 1.36. The molecule has 0 spiro atoms. The van der Waals surface area contributed by atoms with Gasteiger partial charge in [0.25, 0.3) is 5.56 Å². The number of amides is 2. The Morgan fingerprint density at radius 1 is 1.00 bits per heavy atom. The second kappa shape index (κ2) is 9.51. The number of aromatic amines is 1. The highest BCUT2D eigenvalue weighted by molar-refractivity contribution is 5.83. The number of nitrogens with one attached hydrogen (secondary N) is 1. The van der Waals surface area contributed by atoms with E-state index in [-0.39, 0.29) is 41.2 Å². The van der Waals surface area contributed by atoms with Crippen LogP contribution in [0.25, 0.3) is 10.9 Å². The van der Waals surface area contributed by atoms with Gasteiger partial charge in [-0.1, -0.05) is 0 Å². The van der Waals surface area contributed by atoms with Gasteiger partial charge in [0.05, 0.1) is 18.0 Å². The molecule has 35 heavy (non-hydrogen) atoms. The van der Waals surface area contributed by atoms with Crippen LogP contribution in [0.5, 0.6) is 5.75 Å². The third kappa shape index (κ3) is 4.73. The van der Waals surface area contributed by atoms with Crippen LogP contribution < -0.4 is 16.0 Å². The quantitative estimate of drug-likeness (QED) is 0.702. The van der Waals surface area contributed by atoms with Crippen molar-refractivity contribution in [3.63, 3.8) is 0 Å². The smallest absolute Gasteiger partial charge is 0.328 e. The third-order valence-corrected chi connectivity index (χ3v) is 7.97. The van der Waals surface area contributed by atoms with Gasteiger partial charge in [-0.15, -0.1) is 0 Å². The minimum Gasteiger partial charge on any atom is -0.497 e. The normalized spacial score (nSPS) is 25.0. The van der Waals surface area contributed by atoms with Crippen molar-refractivity contribution < 1.29 is 14.3 Å². The lowest BCUT2D eigenvalue weighted by Gasteiger charge is -2.42. The van der Waals surface area contributed by atoms with E-state index in [4.69, 9.17) is 4.74 Å². The van der Waals surface area contributed by atoms with Crippen LogP contribution >= 0.6 is 0 Å². The molecule has 5 rings (SSSR count). The molecule has 2 heterocycles. The topological polar surface area (TPSA) is 105 Å². The van der Waals surface area contributed by atoms with Gasteiger partial charge >= 0.3 is 5.69 Å². The van der Waals surface area contributed by atoms with Gasteiger partial charge in [0, 0.05) is 44.1 Å². The number of nitrogens with zero attached hydrogens (tertiary/aromatic N) is 3. The number of benzene rings is 1. The van der Waals surface area contributed by atoms with E-state index >= 15 is 0 Å². The zero-order valence-electron chi connectivity index (χ0n) is 20.5. The van der Waals surface area contributed by atoms with E-state index in [1.165, 1.54) is 4.57 Å². The number of ether oxygens (including phenoxy) is 1. The summed E-state index contributed by atoms with van der Waals surface area (Å²) in [5.41, 5.74) is -0.216. The Hall–Kier alpha value is -3.10. The van der Waals surface area contributed by atoms with E-state index in [1.54, 1.807) is 25.3 Å². The van der Waals surface area contributed by atoms with E-state index in [0.717, 1.165) is 38.5 Å². The van der Waals surface area contributed by atoms with E-state index in [1.807, 2.05) is 16.7 Å². The number of carbonyl (C=O) groups excluding carboxylic acids is 2. The van der Waals surface area contributed by atoms with E-state index < -0.39 is 5.69 Å². The molecule has 2 aromatic rings. The first kappa shape index (κ1) is 23.6. The van der Waals surface area contributed by atoms with Crippen LogP contribution in [0.15, 0.2) is 27.8 Å². The fraction of sp³-hybridized carbons (Fsp3) is 0.615. The van der Waals surface area contributed by atoms with Crippen molar-refractivity contribution in [1.29, 1.82) is 0 Å². The highest BCUT2D eigenvalue weighted by Crippen LogP contribution is 2.34. The van der Waals surface area contributed by atoms with Crippen molar-refractivity contribution in [2.45, 2.75) is 58.0 Å². The zero-order valence-corrected chi connectivity index (χ0v) is 20.5. The SMILES string of the molecule is COc1ccc2[nH]c(=O)n(C[C@H]3CC[C@H](C(=O)N4CCN(C(=O)C5CC5)[C@H](C)C4)CC3)c(=O)c2c1. The summed E-state index contributed by atoms with van der Waals surface area (Å²) >= 11 is 0. The van der Waals surface area contributed by atoms with Crippen LogP contribution in [0.4, 0.5) is 0 Å². The summed E-state index contributed by atoms with van der Waals surface area (Å²) in [6.07, 6.45) is 5.11. The van der Waals surface area contributed by atoms with Crippen LogP contribution in [0.1, 0.15) is 45.4 Å². The predicted molar refractivity (Wildman–Crippen MR) is 131 cm³/mol. The highest BCUT2D eigenvalue weighted by Gasteiger charge is 2.39. The van der Waals surface area contributed by atoms with Gasteiger partial charge in [0.2, 0.25) is 11.8 Å². The van der Waals surface area contributed by atoms with Gasteiger partial charge in [-0.05, 0) is 69.6 Å². The Morgan fingerprint density at radius 3 is 2.34 bits per heavy atom. The van der Waals surface area contributed by atoms with Crippen molar-refractivity contribution in [2.75, 3.05) is 26.7 Å². The van der Waals surface area contributed by atoms with Gasteiger partial charge in [-0.25, -0.2) is 4.79 Å². The molecule has 1 saturated heterocycles. The van der Waals surface area contributed by atoms with Gasteiger partial charge in [-0.2, -0.15) is 0 Å². The van der Waals surface area contributed by atoms with Gasteiger partial charge < -0.3 is 19.5 Å². The standard InChI is InChI=1S/C26H34N4O5/c1-16-14-28(11-12-29(16)24(32)19-7-8-19)23(31)18-5-3-17(4-6-18)15-30-25(33)21-13-20(35-2)9-10-22(21)27-26(30)34/h9-10,13,16-19H,3-8,11-12,14-15H2,1-2H3,(H,27,34)/t16-,17-,18-/m1/s1. The Labute approximate surface area is 204 Å². The lowest BCUT2D eigenvalue weighted by Crippen LogP contribution is -2.57. The zero-order chi connectivity index (χ0) is 24.7. The number of carbonyl (C=O) groups is 2. The number of H-pyrrole nitrogens is 1. The fourth-order valence-electron chi connectivity index (χ4n) is 5.68. The number of hydrogen-bond acceptors (Lipinski definition) is 5. The van der Waals surface area contributed by atoms with Gasteiger partial charge in [0.1, 0.15) is 5.75 Å². The molecule has 1 aromatic carbocycles. The molecule has 0 bridgehead atoms. The van der Waals surface area contributed by atoms with E-state index in [0.29, 0.717) is 42.8 Å². The molecular weight excluding hydrogens is 448 g/mol. The molecule has 1 aromatic heterocycles. The van der Waals surface area contributed by atoms with Crippen LogP contribution in [-0.4, -0.2) is 64.0 Å². The Morgan fingerprint density at radius 2 is 1.69 bits per heavy atom. The van der Waals surface area contributed by atoms with Crippen molar-refractivity contribution >= 4 is 22.7 Å². The van der Waals surface area contributed by atoms with Crippen LogP contribution in [0.2, 0.25) is 0 Å². The lowest BCUT2D eigenvalue weighted by atomic mass is 9.81. The van der Waals surface area contributed by atoms with Crippen molar-refractivity contribution in [3.8, 4) is 5.75 Å². The molecule has 9 nitrogen and oxygen atoms in total. The first-order valence-electron chi connectivity index (χ1n) is 12.8. The molecule has 1 atom stereocenters. The molecule has 2 aliphatic carbocycles. The molecule has 188 valence electrons. The Balaban J connectivity index is 1.19. The molecule has 2 amide bonds. The second-order valence-corrected chi connectivity index (χ2v) is 10.4. The molecule has 2 saturated carbocycles. The monoisotopic (exact) mass is 482 g/mol. The predicted octanol–water partition coefficient (Wildman–Crippen LogP) is 1.97. The van der Waals surface area contributed by atoms with Crippen molar-refractivity contribution in [2.24, 2.45) is 17.8 Å². The number of rotatable bonds is 5. The number of fused-ring (bicyclic) bond motifs is 1. The lowest BCUT2D eigenvalue weighted by molar-refractivity contribution is -0.146. The minimum atomic E-state index is -0.404. The maximum Gasteiger partial charge on any atom is 0.328 e. The first-order chi connectivity index (χ1) is 16.9. The maximum atomic E-state index is 13.2. The van der Waals surface area contributed by atoms with E-state index in [9.17, 15) is 19.2 Å². The largest absolute Gasteiger partial charge is 0.497 e. The number of piperazine rings is 1. The molecule has 0 radical (unpaired) electrons. The number of methoxy groups -OCH3 is 1. The maximum absolute atomic E-state index is 13.2. The third-order valence-electron chi connectivity index (χ3n) is 7.97. The summed E-state index contributed by atoms with van der Waals surface area (Å²) in [4.78, 5) is 58.0. The van der Waals surface area contributed by atoms with Gasteiger partial charge in [-0.3, -0.25) is 19.0 Å². The molecule has 1 N–H and O–H groups in total. The Kier molecular flexibility index (Phi) is 6.42. The average Bonchev–Trinajstić information content (AvgIpc) is 3.71. The summed E-state index contributed by atoms with van der Waals surface area (Å²) in [6.45, 7) is 4.21. The summed E-state index contributed by atoms with van der Waals surface area (Å²) in [6, 6.07) is 5.10. The molecule has 9 heteroatoms. The molecule has 3 fully saturated rings. The van der Waals surface area contributed by atoms with E-state index in [2.05, 4.69) is 4.98 Å². The van der Waals surface area contributed by atoms with Crippen LogP contribution in [-0.2, 0) is 16.1 Å². The molecule has 3 aliphatic rings. The average molecular weight is 483 g/mol. The summed E-state index contributed by atoms with van der Waals surface area (Å²) in [5, 5.41) is 0.432.